The number of hydrogen-bond acceptors (Lipinski definition) is 3. The van der Waals surface area contributed by atoms with Gasteiger partial charge in [0, 0.05) is 24.7 Å². The van der Waals surface area contributed by atoms with E-state index in [4.69, 9.17) is 0 Å². The number of fused-ring (bicyclic) bond motifs is 1. The van der Waals surface area contributed by atoms with Crippen LogP contribution in [0.3, 0.4) is 0 Å². The Morgan fingerprint density at radius 1 is 1.37 bits per heavy atom. The summed E-state index contributed by atoms with van der Waals surface area (Å²) in [5.41, 5.74) is 2.37. The number of hydrogen-bond donors (Lipinski definition) is 1. The zero-order chi connectivity index (χ0) is 13.2. The van der Waals surface area contributed by atoms with E-state index in [0.29, 0.717) is 5.56 Å². The lowest BCUT2D eigenvalue weighted by Gasteiger charge is -2.05. The van der Waals surface area contributed by atoms with Crippen molar-refractivity contribution in [1.82, 2.24) is 14.9 Å². The van der Waals surface area contributed by atoms with Crippen LogP contribution >= 0.6 is 0 Å². The second kappa shape index (κ2) is 4.77. The minimum absolute atomic E-state index is 0.138. The summed E-state index contributed by atoms with van der Waals surface area (Å²) in [6.45, 7) is 3.84. The summed E-state index contributed by atoms with van der Waals surface area (Å²) >= 11 is 0. The Kier molecular flexibility index (Phi) is 2.96. The van der Waals surface area contributed by atoms with Gasteiger partial charge in [-0.15, -0.1) is 0 Å². The highest BCUT2D eigenvalue weighted by molar-refractivity contribution is 6.10. The maximum atomic E-state index is 12.0. The second-order valence-electron chi connectivity index (χ2n) is 4.81. The molecule has 4 heteroatoms. The van der Waals surface area contributed by atoms with Crippen molar-refractivity contribution >= 4 is 16.8 Å². The number of H-pyrrole nitrogens is 1. The highest BCUT2D eigenvalue weighted by Crippen LogP contribution is 2.14. The summed E-state index contributed by atoms with van der Waals surface area (Å²) in [4.78, 5) is 21.5. The maximum absolute atomic E-state index is 12.0. The van der Waals surface area contributed by atoms with Crippen LogP contribution in [0.25, 0.3) is 11.0 Å². The second-order valence-corrected chi connectivity index (χ2v) is 4.81. The van der Waals surface area contributed by atoms with Crippen LogP contribution < -0.4 is 0 Å². The first kappa shape index (κ1) is 11.8. The molecule has 0 unspecified atom stereocenters. The molecule has 19 heavy (non-hydrogen) atoms. The van der Waals surface area contributed by atoms with Crippen LogP contribution in [0, 0.1) is 18.9 Å². The lowest BCUT2D eigenvalue weighted by molar-refractivity contribution is 0.105. The Hall–Kier alpha value is -2.28. The van der Waals surface area contributed by atoms with Crippen LogP contribution in [0.15, 0.2) is 18.2 Å². The minimum Gasteiger partial charge on any atom is -0.342 e. The van der Waals surface area contributed by atoms with Crippen LogP contribution in [0.4, 0.5) is 0 Å². The molecule has 0 spiro atoms. The summed E-state index contributed by atoms with van der Waals surface area (Å²) in [5, 5.41) is 0. The Bertz CT molecular complexity index is 684. The normalized spacial score (nSPS) is 14.5. The van der Waals surface area contributed by atoms with Gasteiger partial charge in [-0.2, -0.15) is 0 Å². The number of carbonyl (C=O) groups excluding carboxylic acids is 1. The SMILES string of the molecule is Cc1nc2ccc(C(=O)C#CN3CCCC3)cc2[nH]1. The van der Waals surface area contributed by atoms with Crippen LogP contribution in [-0.4, -0.2) is 33.7 Å². The first-order valence-corrected chi connectivity index (χ1v) is 6.50. The number of aromatic amines is 1. The number of imidazole rings is 1. The van der Waals surface area contributed by atoms with E-state index in [1.807, 2.05) is 24.0 Å². The molecule has 1 aromatic carbocycles. The maximum Gasteiger partial charge on any atom is 0.237 e. The quantitative estimate of drug-likeness (QED) is 0.625. The molecule has 0 amide bonds. The first-order chi connectivity index (χ1) is 9.22. The molecule has 2 heterocycles. The van der Waals surface area contributed by atoms with Gasteiger partial charge in [-0.1, -0.05) is 0 Å². The lowest BCUT2D eigenvalue weighted by atomic mass is 10.1. The molecule has 4 nitrogen and oxygen atoms in total. The van der Waals surface area contributed by atoms with E-state index in [1.165, 1.54) is 12.8 Å². The molecule has 1 N–H and O–H groups in total. The molecule has 96 valence electrons. The number of benzene rings is 1. The van der Waals surface area contributed by atoms with E-state index in [0.717, 1.165) is 29.9 Å². The number of rotatable bonds is 1. The Balaban J connectivity index is 1.84. The third-order valence-electron chi connectivity index (χ3n) is 3.30. The van der Waals surface area contributed by atoms with Gasteiger partial charge in [0.1, 0.15) is 5.82 Å². The van der Waals surface area contributed by atoms with Gasteiger partial charge >= 0.3 is 0 Å². The van der Waals surface area contributed by atoms with Crippen molar-refractivity contribution in [2.75, 3.05) is 13.1 Å². The molecule has 0 saturated carbocycles. The summed E-state index contributed by atoms with van der Waals surface area (Å²) in [6, 6.07) is 8.39. The van der Waals surface area contributed by atoms with Gasteiger partial charge in [-0.25, -0.2) is 4.98 Å². The smallest absolute Gasteiger partial charge is 0.237 e. The average molecular weight is 253 g/mol. The largest absolute Gasteiger partial charge is 0.342 e. The number of likely N-dealkylation sites (tertiary alicyclic amines) is 1. The fourth-order valence-electron chi connectivity index (χ4n) is 2.31. The first-order valence-electron chi connectivity index (χ1n) is 6.50. The van der Waals surface area contributed by atoms with Gasteiger partial charge in [0.05, 0.1) is 11.0 Å². The van der Waals surface area contributed by atoms with E-state index in [1.54, 1.807) is 6.07 Å². The van der Waals surface area contributed by atoms with Gasteiger partial charge in [-0.3, -0.25) is 4.79 Å². The molecule has 1 aliphatic heterocycles. The number of aromatic nitrogens is 2. The molecule has 1 fully saturated rings. The van der Waals surface area contributed by atoms with Crippen molar-refractivity contribution in [3.05, 3.63) is 29.6 Å². The zero-order valence-electron chi connectivity index (χ0n) is 10.9. The molecule has 0 radical (unpaired) electrons. The van der Waals surface area contributed by atoms with Gasteiger partial charge in [-0.05, 0) is 43.9 Å². The summed E-state index contributed by atoms with van der Waals surface area (Å²) in [7, 11) is 0. The Morgan fingerprint density at radius 3 is 2.95 bits per heavy atom. The predicted octanol–water partition coefficient (Wildman–Crippen LogP) is 2.11. The topological polar surface area (TPSA) is 49.0 Å². The van der Waals surface area contributed by atoms with Gasteiger partial charge < -0.3 is 9.88 Å². The predicted molar refractivity (Wildman–Crippen MR) is 73.7 cm³/mol. The number of Topliss-reactive ketones (excluding diaryl/α,β-unsaturated/α-hetero) is 1. The number of ketones is 1. The highest BCUT2D eigenvalue weighted by atomic mass is 16.1. The van der Waals surface area contributed by atoms with Crippen LogP contribution in [0.2, 0.25) is 0 Å². The van der Waals surface area contributed by atoms with Crippen LogP contribution in [0.1, 0.15) is 29.0 Å². The monoisotopic (exact) mass is 253 g/mol. The number of nitrogens with zero attached hydrogens (tertiary/aromatic N) is 2. The third kappa shape index (κ3) is 2.45. The molecule has 0 aliphatic carbocycles. The van der Waals surface area contributed by atoms with Gasteiger partial charge in [0.15, 0.2) is 0 Å². The zero-order valence-corrected chi connectivity index (χ0v) is 10.9. The fourth-order valence-corrected chi connectivity index (χ4v) is 2.31. The number of nitrogens with one attached hydrogen (secondary N) is 1. The van der Waals surface area contributed by atoms with Crippen molar-refractivity contribution < 1.29 is 4.79 Å². The van der Waals surface area contributed by atoms with Crippen LogP contribution in [-0.2, 0) is 0 Å². The van der Waals surface area contributed by atoms with Crippen molar-refractivity contribution in [2.45, 2.75) is 19.8 Å². The summed E-state index contributed by atoms with van der Waals surface area (Å²) in [5.74, 6) is 3.43. The summed E-state index contributed by atoms with van der Waals surface area (Å²) in [6.07, 6.45) is 2.34. The van der Waals surface area contributed by atoms with Crippen molar-refractivity contribution in [3.8, 4) is 12.0 Å². The van der Waals surface area contributed by atoms with Gasteiger partial charge in [0.25, 0.3) is 0 Å². The summed E-state index contributed by atoms with van der Waals surface area (Å²) < 4.78 is 0. The van der Waals surface area contributed by atoms with E-state index in [9.17, 15) is 4.79 Å². The molecule has 0 bridgehead atoms. The van der Waals surface area contributed by atoms with Crippen molar-refractivity contribution in [3.63, 3.8) is 0 Å². The van der Waals surface area contributed by atoms with Crippen molar-refractivity contribution in [2.24, 2.45) is 0 Å². The molecule has 3 rings (SSSR count). The molecule has 1 aliphatic rings. The molecular formula is C15H15N3O. The van der Waals surface area contributed by atoms with Crippen molar-refractivity contribution in [1.29, 1.82) is 0 Å². The van der Waals surface area contributed by atoms with E-state index in [2.05, 4.69) is 21.9 Å². The van der Waals surface area contributed by atoms with Crippen LogP contribution in [0.5, 0.6) is 0 Å². The Labute approximate surface area is 111 Å². The molecular weight excluding hydrogens is 238 g/mol. The molecule has 0 atom stereocenters. The van der Waals surface area contributed by atoms with E-state index in [-0.39, 0.29) is 5.78 Å². The Morgan fingerprint density at radius 2 is 2.16 bits per heavy atom. The number of aryl methyl sites for hydroxylation is 1. The molecule has 2 aromatic rings. The number of carbonyl (C=O) groups is 1. The minimum atomic E-state index is -0.138. The average Bonchev–Trinajstić information content (AvgIpc) is 3.02. The third-order valence-corrected chi connectivity index (χ3v) is 3.30. The van der Waals surface area contributed by atoms with E-state index < -0.39 is 0 Å². The molecule has 1 saturated heterocycles. The lowest BCUT2D eigenvalue weighted by Crippen LogP contribution is -2.12. The highest BCUT2D eigenvalue weighted by Gasteiger charge is 2.09. The van der Waals surface area contributed by atoms with E-state index >= 15 is 0 Å². The fraction of sp³-hybridized carbons (Fsp3) is 0.333. The molecule has 1 aromatic heterocycles. The van der Waals surface area contributed by atoms with Gasteiger partial charge in [0.2, 0.25) is 5.78 Å². The standard InChI is InChI=1S/C15H15N3O/c1-11-16-13-5-4-12(10-14(13)17-11)15(19)6-9-18-7-2-3-8-18/h4-5,10H,2-3,7-8H2,1H3,(H,16,17).